The number of amides is 3. The van der Waals surface area contributed by atoms with Gasteiger partial charge in [-0.1, -0.05) is 12.1 Å². The first-order chi connectivity index (χ1) is 13.9. The van der Waals surface area contributed by atoms with Gasteiger partial charge in [0.15, 0.2) is 0 Å². The molecule has 0 aliphatic heterocycles. The molecule has 3 aromatic rings. The quantitative estimate of drug-likeness (QED) is 0.496. The van der Waals surface area contributed by atoms with Crippen molar-refractivity contribution in [3.63, 3.8) is 0 Å². The second-order valence-corrected chi connectivity index (χ2v) is 6.13. The number of ether oxygens (including phenoxy) is 1. The molecule has 29 heavy (non-hydrogen) atoms. The second-order valence-electron chi connectivity index (χ2n) is 6.13. The van der Waals surface area contributed by atoms with Gasteiger partial charge in [0, 0.05) is 12.3 Å². The summed E-state index contributed by atoms with van der Waals surface area (Å²) >= 11 is 0. The van der Waals surface area contributed by atoms with Crippen LogP contribution in [0.15, 0.2) is 36.5 Å². The Kier molecular flexibility index (Phi) is 5.88. The average Bonchev–Trinajstić information content (AvgIpc) is 2.98. The molecule has 3 amide bonds. The smallest absolute Gasteiger partial charge is 0.394 e. The third-order valence-electron chi connectivity index (χ3n) is 4.07. The number of nitrogens with one attached hydrogen (secondary N) is 2. The van der Waals surface area contributed by atoms with Gasteiger partial charge in [0.1, 0.15) is 11.6 Å². The summed E-state index contributed by atoms with van der Waals surface area (Å²) in [6, 6.07) is 6.43. The van der Waals surface area contributed by atoms with Crippen molar-refractivity contribution in [2.24, 2.45) is 5.73 Å². The first-order valence-corrected chi connectivity index (χ1v) is 8.65. The van der Waals surface area contributed by atoms with Crippen LogP contribution in [0.25, 0.3) is 10.9 Å². The molecule has 0 unspecified atom stereocenters. The number of aromatic nitrogens is 3. The Morgan fingerprint density at radius 1 is 1.34 bits per heavy atom. The third kappa shape index (κ3) is 4.76. The number of rotatable bonds is 6. The largest absolute Gasteiger partial charge is 0.411 e. The van der Waals surface area contributed by atoms with Crippen LogP contribution in [0.1, 0.15) is 18.5 Å². The third-order valence-corrected chi connectivity index (χ3v) is 4.07. The van der Waals surface area contributed by atoms with Crippen molar-refractivity contribution in [2.75, 3.05) is 11.9 Å². The first kappa shape index (κ1) is 20.0. The number of urea groups is 1. The van der Waals surface area contributed by atoms with Gasteiger partial charge < -0.3 is 20.9 Å². The van der Waals surface area contributed by atoms with Gasteiger partial charge in [-0.2, -0.15) is 0 Å². The van der Waals surface area contributed by atoms with Crippen molar-refractivity contribution in [1.82, 2.24) is 20.1 Å². The number of halogens is 1. The van der Waals surface area contributed by atoms with Gasteiger partial charge in [-0.15, -0.1) is 5.10 Å². The lowest BCUT2D eigenvalue weighted by Crippen LogP contribution is -2.31. The topological polar surface area (TPSA) is 144 Å². The van der Waals surface area contributed by atoms with E-state index < -0.39 is 12.1 Å². The fraction of sp³-hybridized carbons (Fsp3) is 0.222. The van der Waals surface area contributed by atoms with Crippen LogP contribution in [-0.2, 0) is 6.54 Å². The number of hydrogen-bond acceptors (Lipinski definition) is 6. The Labute approximate surface area is 164 Å². The maximum Gasteiger partial charge on any atom is 0.411 e. The monoisotopic (exact) mass is 402 g/mol. The van der Waals surface area contributed by atoms with E-state index in [1.807, 2.05) is 0 Å². The molecule has 0 aliphatic carbocycles. The van der Waals surface area contributed by atoms with Crippen LogP contribution in [0.4, 0.5) is 19.8 Å². The zero-order valence-corrected chi connectivity index (χ0v) is 15.4. The molecule has 0 saturated carbocycles. The molecule has 2 heterocycles. The standard InChI is InChI=1S/C18H19FN6O4/c1-10(11-2-4-12(19)5-3-11)22-18(28)23-15-8-14-13(9-21-15)16(29-17(20)27)24-25(14)6-7-26/h2-5,8-10,26H,6-7H2,1H3,(H2,20,27)(H2,21,22,23,28)/t10-/m1/s1. The summed E-state index contributed by atoms with van der Waals surface area (Å²) in [6.07, 6.45) is 0.338. The lowest BCUT2D eigenvalue weighted by atomic mass is 10.1. The number of benzene rings is 1. The molecule has 0 fully saturated rings. The van der Waals surface area contributed by atoms with E-state index >= 15 is 0 Å². The molecule has 0 saturated heterocycles. The number of hydrogen-bond donors (Lipinski definition) is 4. The lowest BCUT2D eigenvalue weighted by Gasteiger charge is -2.15. The van der Waals surface area contributed by atoms with E-state index in [1.54, 1.807) is 19.1 Å². The van der Waals surface area contributed by atoms with Crippen molar-refractivity contribution in [1.29, 1.82) is 0 Å². The summed E-state index contributed by atoms with van der Waals surface area (Å²) in [6.45, 7) is 1.69. The first-order valence-electron chi connectivity index (χ1n) is 8.65. The number of carbonyl (C=O) groups is 2. The van der Waals surface area contributed by atoms with Crippen LogP contribution in [-0.4, -0.2) is 38.6 Å². The van der Waals surface area contributed by atoms with Gasteiger partial charge in [-0.3, -0.25) is 10.00 Å². The molecular formula is C18H19FN6O4. The van der Waals surface area contributed by atoms with Gasteiger partial charge in [0.2, 0.25) is 0 Å². The summed E-state index contributed by atoms with van der Waals surface area (Å²) < 4.78 is 19.3. The van der Waals surface area contributed by atoms with Crippen molar-refractivity contribution < 1.29 is 23.8 Å². The molecule has 152 valence electrons. The molecular weight excluding hydrogens is 383 g/mol. The van der Waals surface area contributed by atoms with Crippen LogP contribution < -0.4 is 21.1 Å². The highest BCUT2D eigenvalue weighted by molar-refractivity contribution is 5.92. The van der Waals surface area contributed by atoms with Crippen LogP contribution in [0.2, 0.25) is 0 Å². The van der Waals surface area contributed by atoms with Crippen LogP contribution in [0, 0.1) is 5.82 Å². The Bertz CT molecular complexity index is 1040. The number of nitrogens with zero attached hydrogens (tertiary/aromatic N) is 3. The van der Waals surface area contributed by atoms with Crippen LogP contribution >= 0.6 is 0 Å². The number of nitrogens with two attached hydrogens (primary N) is 1. The van der Waals surface area contributed by atoms with Gasteiger partial charge in [-0.25, -0.2) is 19.0 Å². The zero-order chi connectivity index (χ0) is 21.0. The second kappa shape index (κ2) is 8.52. The number of carbonyl (C=O) groups excluding carboxylic acids is 2. The summed E-state index contributed by atoms with van der Waals surface area (Å²) in [5.41, 5.74) is 6.25. The van der Waals surface area contributed by atoms with E-state index in [9.17, 15) is 19.1 Å². The Hall–Kier alpha value is -3.73. The fourth-order valence-corrected chi connectivity index (χ4v) is 2.73. The molecule has 10 nitrogen and oxygen atoms in total. The van der Waals surface area contributed by atoms with Gasteiger partial charge in [0.25, 0.3) is 5.88 Å². The van der Waals surface area contributed by atoms with E-state index in [1.165, 1.54) is 29.1 Å². The molecule has 2 aromatic heterocycles. The lowest BCUT2D eigenvalue weighted by molar-refractivity contribution is 0.208. The number of aliphatic hydroxyl groups is 1. The zero-order valence-electron chi connectivity index (χ0n) is 15.4. The molecule has 0 aliphatic rings. The number of primary amides is 1. The van der Waals surface area contributed by atoms with E-state index in [-0.39, 0.29) is 36.7 Å². The normalized spacial score (nSPS) is 11.8. The Balaban J connectivity index is 1.77. The molecule has 11 heteroatoms. The van der Waals surface area contributed by atoms with E-state index in [2.05, 4.69) is 20.7 Å². The highest BCUT2D eigenvalue weighted by Crippen LogP contribution is 2.26. The minimum atomic E-state index is -1.03. The predicted octanol–water partition coefficient (Wildman–Crippen LogP) is 1.90. The average molecular weight is 402 g/mol. The summed E-state index contributed by atoms with van der Waals surface area (Å²) in [5.74, 6) is -0.192. The summed E-state index contributed by atoms with van der Waals surface area (Å²) in [7, 11) is 0. The molecule has 5 N–H and O–H groups in total. The van der Waals surface area contributed by atoms with Crippen LogP contribution in [0.5, 0.6) is 5.88 Å². The van der Waals surface area contributed by atoms with E-state index in [0.29, 0.717) is 10.9 Å². The maximum absolute atomic E-state index is 13.0. The maximum atomic E-state index is 13.0. The van der Waals surface area contributed by atoms with Crippen LogP contribution in [0.3, 0.4) is 0 Å². The highest BCUT2D eigenvalue weighted by Gasteiger charge is 2.16. The minimum absolute atomic E-state index is 0.0469. The number of aliphatic hydroxyl groups excluding tert-OH is 1. The summed E-state index contributed by atoms with van der Waals surface area (Å²) in [4.78, 5) is 27.4. The summed E-state index contributed by atoms with van der Waals surface area (Å²) in [5, 5.41) is 19.0. The highest BCUT2D eigenvalue weighted by atomic mass is 19.1. The van der Waals surface area contributed by atoms with Gasteiger partial charge >= 0.3 is 12.1 Å². The molecule has 0 spiro atoms. The SMILES string of the molecule is C[C@@H](NC(=O)Nc1cc2c(cn1)c(OC(N)=O)nn2CCO)c1ccc(F)cc1. The van der Waals surface area contributed by atoms with Crippen molar-refractivity contribution >= 4 is 28.8 Å². The van der Waals surface area contributed by atoms with E-state index in [4.69, 9.17) is 10.5 Å². The van der Waals surface area contributed by atoms with Crippen molar-refractivity contribution in [3.05, 3.63) is 47.9 Å². The molecule has 0 radical (unpaired) electrons. The molecule has 3 rings (SSSR count). The Morgan fingerprint density at radius 2 is 2.07 bits per heavy atom. The van der Waals surface area contributed by atoms with Gasteiger partial charge in [0.05, 0.1) is 30.1 Å². The number of anilines is 1. The molecule has 1 aromatic carbocycles. The van der Waals surface area contributed by atoms with Crippen molar-refractivity contribution in [3.8, 4) is 5.88 Å². The fourth-order valence-electron chi connectivity index (χ4n) is 2.73. The van der Waals surface area contributed by atoms with Crippen molar-refractivity contribution in [2.45, 2.75) is 19.5 Å². The Morgan fingerprint density at radius 3 is 2.72 bits per heavy atom. The van der Waals surface area contributed by atoms with E-state index in [0.717, 1.165) is 5.56 Å². The molecule has 1 atom stereocenters. The number of pyridine rings is 1. The minimum Gasteiger partial charge on any atom is -0.394 e. The van der Waals surface area contributed by atoms with Gasteiger partial charge in [-0.05, 0) is 24.6 Å². The molecule has 0 bridgehead atoms. The predicted molar refractivity (Wildman–Crippen MR) is 102 cm³/mol. The number of fused-ring (bicyclic) bond motifs is 1.